The van der Waals surface area contributed by atoms with Crippen molar-refractivity contribution in [2.75, 3.05) is 6.61 Å². The van der Waals surface area contributed by atoms with Crippen LogP contribution < -0.4 is 0 Å². The molecule has 0 saturated heterocycles. The summed E-state index contributed by atoms with van der Waals surface area (Å²) in [5.41, 5.74) is 6.46. The fourth-order valence-electron chi connectivity index (χ4n) is 3.96. The summed E-state index contributed by atoms with van der Waals surface area (Å²) in [5.74, 6) is -0.186. The Kier molecular flexibility index (Phi) is 2.66. The molecule has 1 aromatic carbocycles. The summed E-state index contributed by atoms with van der Waals surface area (Å²) in [6.07, 6.45) is 2.11. The first kappa shape index (κ1) is 14.5. The third-order valence-electron chi connectivity index (χ3n) is 5.48. The first-order valence-corrected chi connectivity index (χ1v) is 8.45. The van der Waals surface area contributed by atoms with Gasteiger partial charge in [-0.25, -0.2) is 4.98 Å². The van der Waals surface area contributed by atoms with Crippen LogP contribution in [0.5, 0.6) is 0 Å². The lowest BCUT2D eigenvalue weighted by molar-refractivity contribution is -0.152. The number of cyclic esters (lactones) is 1. The number of para-hydroxylation sites is 1. The maximum atomic E-state index is 12.2. The summed E-state index contributed by atoms with van der Waals surface area (Å²) in [4.78, 5) is 19.3. The van der Waals surface area contributed by atoms with E-state index in [0.717, 1.165) is 45.7 Å². The van der Waals surface area contributed by atoms with Gasteiger partial charge in [0.1, 0.15) is 6.61 Å². The van der Waals surface area contributed by atoms with Crippen molar-refractivity contribution < 1.29 is 9.53 Å². The lowest BCUT2D eigenvalue weighted by Gasteiger charge is -2.38. The number of hydrogen-bond donors (Lipinski definition) is 0. The van der Waals surface area contributed by atoms with Crippen LogP contribution in [-0.2, 0) is 16.1 Å². The zero-order chi connectivity index (χ0) is 17.3. The Hall–Kier alpha value is -2.88. The summed E-state index contributed by atoms with van der Waals surface area (Å²) in [6.45, 7) is 9.16. The topological polar surface area (TPSA) is 42.4 Å². The van der Waals surface area contributed by atoms with Crippen molar-refractivity contribution in [3.63, 3.8) is 0 Å². The van der Waals surface area contributed by atoms with Gasteiger partial charge in [-0.2, -0.15) is 0 Å². The van der Waals surface area contributed by atoms with Gasteiger partial charge >= 0.3 is 5.97 Å². The largest absolute Gasteiger partial charge is 0.460 e. The van der Waals surface area contributed by atoms with Gasteiger partial charge in [0.25, 0.3) is 0 Å². The minimum atomic E-state index is -0.671. The molecule has 0 N–H and O–H groups in total. The van der Waals surface area contributed by atoms with Crippen molar-refractivity contribution in [1.29, 1.82) is 0 Å². The van der Waals surface area contributed by atoms with E-state index in [1.54, 1.807) is 0 Å². The maximum absolute atomic E-state index is 12.2. The van der Waals surface area contributed by atoms with Crippen LogP contribution in [0.3, 0.4) is 0 Å². The minimum Gasteiger partial charge on any atom is -0.460 e. The fraction of sp³-hybridized carbons (Fsp3) is 0.238. The zero-order valence-electron chi connectivity index (χ0n) is 14.3. The highest BCUT2D eigenvalue weighted by molar-refractivity contribution is 5.89. The van der Waals surface area contributed by atoms with Crippen molar-refractivity contribution in [2.24, 2.45) is 5.41 Å². The smallest absolute Gasteiger partial charge is 0.316 e. The Morgan fingerprint density at radius 2 is 2.08 bits per heavy atom. The first-order valence-electron chi connectivity index (χ1n) is 8.45. The van der Waals surface area contributed by atoms with Crippen LogP contribution in [0, 0.1) is 5.41 Å². The van der Waals surface area contributed by atoms with Crippen molar-refractivity contribution in [3.8, 4) is 0 Å². The maximum Gasteiger partial charge on any atom is 0.316 e. The van der Waals surface area contributed by atoms with E-state index >= 15 is 0 Å². The van der Waals surface area contributed by atoms with E-state index in [4.69, 9.17) is 9.72 Å². The van der Waals surface area contributed by atoms with Crippen LogP contribution in [-0.4, -0.2) is 22.5 Å². The van der Waals surface area contributed by atoms with Crippen molar-refractivity contribution in [1.82, 2.24) is 9.88 Å². The molecule has 0 spiro atoms. The molecule has 3 aliphatic rings. The van der Waals surface area contributed by atoms with Gasteiger partial charge in [-0.15, -0.1) is 0 Å². The first-order chi connectivity index (χ1) is 12.0. The Labute approximate surface area is 146 Å². The Bertz CT molecular complexity index is 1040. The van der Waals surface area contributed by atoms with Gasteiger partial charge in [0.15, 0.2) is 0 Å². The van der Waals surface area contributed by atoms with Gasteiger partial charge in [-0.05, 0) is 37.6 Å². The third-order valence-corrected chi connectivity index (χ3v) is 5.48. The van der Waals surface area contributed by atoms with E-state index in [-0.39, 0.29) is 5.97 Å². The predicted octanol–water partition coefficient (Wildman–Crippen LogP) is 3.80. The number of carbonyl (C=O) groups excluding carboxylic acids is 1. The predicted molar refractivity (Wildman–Crippen MR) is 96.2 cm³/mol. The van der Waals surface area contributed by atoms with Gasteiger partial charge in [0, 0.05) is 22.2 Å². The van der Waals surface area contributed by atoms with E-state index in [1.165, 1.54) is 5.56 Å². The van der Waals surface area contributed by atoms with Gasteiger partial charge in [-0.3, -0.25) is 4.79 Å². The molecule has 25 heavy (non-hydrogen) atoms. The van der Waals surface area contributed by atoms with E-state index in [9.17, 15) is 4.79 Å². The molecule has 4 heterocycles. The minimum absolute atomic E-state index is 0.186. The number of esters is 1. The van der Waals surface area contributed by atoms with Crippen LogP contribution in [0.25, 0.3) is 16.6 Å². The number of hydrogen-bond acceptors (Lipinski definition) is 4. The molecule has 0 aliphatic carbocycles. The Balaban J connectivity index is 1.74. The van der Waals surface area contributed by atoms with Crippen molar-refractivity contribution in [2.45, 2.75) is 20.4 Å². The van der Waals surface area contributed by atoms with E-state index in [0.29, 0.717) is 6.61 Å². The van der Waals surface area contributed by atoms with Crippen LogP contribution in [0.15, 0.2) is 59.8 Å². The number of carbonyl (C=O) groups is 1. The van der Waals surface area contributed by atoms with E-state index < -0.39 is 5.41 Å². The standard InChI is InChI=1S/C21H18N2O2/c1-12-15-11-25-20(24)21(2,3)16(15)9-18-19-14(10-23(12)18)8-13-6-4-5-7-17(13)22-19/h4-9H,1,10-11H2,2-3H3. The number of allylic oxidation sites excluding steroid dienone is 1. The Morgan fingerprint density at radius 3 is 2.92 bits per heavy atom. The van der Waals surface area contributed by atoms with Gasteiger partial charge in [-0.1, -0.05) is 24.8 Å². The highest BCUT2D eigenvalue weighted by Gasteiger charge is 2.44. The Morgan fingerprint density at radius 1 is 1.28 bits per heavy atom. The van der Waals surface area contributed by atoms with Crippen LogP contribution in [0.4, 0.5) is 0 Å². The van der Waals surface area contributed by atoms with Gasteiger partial charge in [0.2, 0.25) is 0 Å². The summed E-state index contributed by atoms with van der Waals surface area (Å²) in [7, 11) is 0. The van der Waals surface area contributed by atoms with E-state index in [2.05, 4.69) is 29.7 Å². The quantitative estimate of drug-likeness (QED) is 0.689. The number of rotatable bonds is 0. The molecule has 0 radical (unpaired) electrons. The second kappa shape index (κ2) is 4.60. The molecule has 4 nitrogen and oxygen atoms in total. The number of benzene rings is 1. The molecule has 1 aromatic heterocycles. The number of ether oxygens (including phenoxy) is 1. The third kappa shape index (κ3) is 1.82. The molecule has 5 rings (SSSR count). The van der Waals surface area contributed by atoms with Crippen molar-refractivity contribution in [3.05, 3.63) is 71.1 Å². The van der Waals surface area contributed by atoms with Crippen LogP contribution in [0.1, 0.15) is 25.1 Å². The van der Waals surface area contributed by atoms with Crippen LogP contribution in [0.2, 0.25) is 0 Å². The highest BCUT2D eigenvalue weighted by Crippen LogP contribution is 2.47. The average molecular weight is 330 g/mol. The normalized spacial score (nSPS) is 20.9. The van der Waals surface area contributed by atoms with Gasteiger partial charge in [0.05, 0.1) is 28.9 Å². The molecule has 0 saturated carbocycles. The lowest BCUT2D eigenvalue weighted by Crippen LogP contribution is -2.38. The number of fused-ring (bicyclic) bond motifs is 4. The second-order valence-electron chi connectivity index (χ2n) is 7.34. The molecule has 4 heteroatoms. The zero-order valence-corrected chi connectivity index (χ0v) is 14.3. The highest BCUT2D eigenvalue weighted by atomic mass is 16.5. The molecule has 0 bridgehead atoms. The van der Waals surface area contributed by atoms with E-state index in [1.807, 2.05) is 32.0 Å². The molecule has 0 amide bonds. The number of nitrogens with zero attached hydrogens (tertiary/aromatic N) is 2. The molecule has 124 valence electrons. The van der Waals surface area contributed by atoms with Crippen molar-refractivity contribution >= 4 is 22.6 Å². The fourth-order valence-corrected chi connectivity index (χ4v) is 3.96. The molecule has 0 unspecified atom stereocenters. The average Bonchev–Trinajstić information content (AvgIpc) is 2.95. The molecular formula is C21H18N2O2. The number of pyridine rings is 1. The number of aromatic nitrogens is 1. The second-order valence-corrected chi connectivity index (χ2v) is 7.34. The summed E-state index contributed by atoms with van der Waals surface area (Å²) in [6, 6.07) is 10.4. The summed E-state index contributed by atoms with van der Waals surface area (Å²) >= 11 is 0. The molecule has 2 aromatic rings. The SMILES string of the molecule is C=C1C2=C(C=C3c4nc5ccccc5cc4CN13)C(C)(C)C(=O)OC2. The lowest BCUT2D eigenvalue weighted by atomic mass is 9.77. The van der Waals surface area contributed by atoms with Gasteiger partial charge < -0.3 is 9.64 Å². The monoisotopic (exact) mass is 330 g/mol. The molecule has 0 fully saturated rings. The molecule has 0 atom stereocenters. The molecule has 3 aliphatic heterocycles. The molecular weight excluding hydrogens is 312 g/mol. The summed E-state index contributed by atoms with van der Waals surface area (Å²) < 4.78 is 5.39. The van der Waals surface area contributed by atoms with Crippen LogP contribution >= 0.6 is 0 Å². The summed E-state index contributed by atoms with van der Waals surface area (Å²) in [5, 5.41) is 1.14.